The molecule has 4 heteroatoms. The van der Waals surface area contributed by atoms with Crippen LogP contribution in [0.3, 0.4) is 0 Å². The molecule has 0 radical (unpaired) electrons. The Morgan fingerprint density at radius 2 is 1.13 bits per heavy atom. The third kappa shape index (κ3) is 3.51. The summed E-state index contributed by atoms with van der Waals surface area (Å²) in [5.41, 5.74) is 9.43. The van der Waals surface area contributed by atoms with Gasteiger partial charge in [-0.05, 0) is 77.5 Å². The Kier molecular flexibility index (Phi) is 4.96. The Bertz CT molecular complexity index is 2750. The molecule has 0 atom stereocenters. The van der Waals surface area contributed by atoms with Gasteiger partial charge in [0.05, 0.1) is 27.5 Å². The lowest BCUT2D eigenvalue weighted by molar-refractivity contribution is 0.673. The number of furan rings is 1. The van der Waals surface area contributed by atoms with Crippen LogP contribution in [-0.2, 0) is 0 Å². The second kappa shape index (κ2) is 9.18. The van der Waals surface area contributed by atoms with Gasteiger partial charge in [-0.15, -0.1) is 0 Å². The number of para-hydroxylation sites is 3. The van der Waals surface area contributed by atoms with Crippen molar-refractivity contribution < 1.29 is 4.42 Å². The molecule has 7 aromatic carbocycles. The van der Waals surface area contributed by atoms with Gasteiger partial charge in [0.25, 0.3) is 0 Å². The molecule has 0 saturated heterocycles. The normalized spacial score (nSPS) is 12.0. The summed E-state index contributed by atoms with van der Waals surface area (Å²) in [4.78, 5) is 5.03. The van der Waals surface area contributed by atoms with Gasteiger partial charge in [0.2, 0.25) is 0 Å². The highest BCUT2D eigenvalue weighted by Gasteiger charge is 2.19. The summed E-state index contributed by atoms with van der Waals surface area (Å²) in [5, 5.41) is 7.01. The van der Waals surface area contributed by atoms with Crippen LogP contribution in [0.25, 0.3) is 88.3 Å². The first-order valence-electron chi connectivity index (χ1n) is 15.2. The molecule has 0 aliphatic carbocycles. The van der Waals surface area contributed by atoms with Crippen molar-refractivity contribution in [2.75, 3.05) is 0 Å². The number of rotatable bonds is 3. The van der Waals surface area contributed by atoms with Crippen molar-refractivity contribution in [2.45, 2.75) is 0 Å². The Morgan fingerprint density at radius 3 is 1.96 bits per heavy atom. The topological polar surface area (TPSA) is 35.9 Å². The van der Waals surface area contributed by atoms with Gasteiger partial charge in [0, 0.05) is 33.1 Å². The molecule has 0 fully saturated rings. The fourth-order valence-corrected chi connectivity index (χ4v) is 7.07. The number of imidazole rings is 1. The highest BCUT2D eigenvalue weighted by atomic mass is 16.3. The minimum absolute atomic E-state index is 0.916. The molecular weight excluding hydrogens is 550 g/mol. The molecule has 3 aromatic heterocycles. The summed E-state index contributed by atoms with van der Waals surface area (Å²) in [5.74, 6) is 0.932. The van der Waals surface area contributed by atoms with E-state index in [9.17, 15) is 0 Å². The van der Waals surface area contributed by atoms with E-state index in [-0.39, 0.29) is 0 Å². The van der Waals surface area contributed by atoms with Crippen molar-refractivity contribution in [1.29, 1.82) is 0 Å². The van der Waals surface area contributed by atoms with Gasteiger partial charge >= 0.3 is 0 Å². The van der Waals surface area contributed by atoms with Crippen LogP contribution in [0.4, 0.5) is 0 Å². The van der Waals surface area contributed by atoms with E-state index in [4.69, 9.17) is 9.40 Å². The zero-order valence-electron chi connectivity index (χ0n) is 24.2. The molecule has 3 heterocycles. The summed E-state index contributed by atoms with van der Waals surface area (Å²) >= 11 is 0. The van der Waals surface area contributed by atoms with E-state index in [0.717, 1.165) is 72.2 Å². The lowest BCUT2D eigenvalue weighted by Crippen LogP contribution is -1.99. The maximum absolute atomic E-state index is 6.67. The number of nitrogens with zero attached hydrogens (tertiary/aromatic N) is 3. The van der Waals surface area contributed by atoms with E-state index < -0.39 is 0 Å². The van der Waals surface area contributed by atoms with E-state index in [0.29, 0.717) is 0 Å². The van der Waals surface area contributed by atoms with E-state index in [1.165, 1.54) is 16.2 Å². The molecule has 45 heavy (non-hydrogen) atoms. The summed E-state index contributed by atoms with van der Waals surface area (Å²) in [6.07, 6.45) is 0. The van der Waals surface area contributed by atoms with E-state index in [1.54, 1.807) is 0 Å². The molecule has 10 rings (SSSR count). The average molecular weight is 576 g/mol. The van der Waals surface area contributed by atoms with Crippen molar-refractivity contribution in [2.24, 2.45) is 0 Å². The average Bonchev–Trinajstić information content (AvgIpc) is 3.77. The van der Waals surface area contributed by atoms with Crippen LogP contribution in [-0.4, -0.2) is 14.1 Å². The molecule has 10 aromatic rings. The molecule has 0 amide bonds. The highest BCUT2D eigenvalue weighted by Crippen LogP contribution is 2.41. The van der Waals surface area contributed by atoms with Crippen LogP contribution < -0.4 is 0 Å². The van der Waals surface area contributed by atoms with Crippen LogP contribution in [0, 0.1) is 0 Å². The predicted octanol–water partition coefficient (Wildman–Crippen LogP) is 10.8. The number of hydrogen-bond donors (Lipinski definition) is 0. The smallest absolute Gasteiger partial charge is 0.145 e. The maximum atomic E-state index is 6.67. The molecule has 0 bridgehead atoms. The first-order valence-corrected chi connectivity index (χ1v) is 15.2. The van der Waals surface area contributed by atoms with Crippen molar-refractivity contribution in [3.63, 3.8) is 0 Å². The monoisotopic (exact) mass is 575 g/mol. The van der Waals surface area contributed by atoms with Gasteiger partial charge in [0.15, 0.2) is 0 Å². The minimum Gasteiger partial charge on any atom is -0.455 e. The Labute approximate surface area is 258 Å². The molecule has 0 aliphatic rings. The lowest BCUT2D eigenvalue weighted by Gasteiger charge is -2.12. The fraction of sp³-hybridized carbons (Fsp3) is 0. The van der Waals surface area contributed by atoms with Gasteiger partial charge in [-0.1, -0.05) is 84.9 Å². The number of fused-ring (bicyclic) bond motifs is 9. The standard InChI is InChI=1S/C41H25N3O/c1-2-10-26(11-3-1)41-42-34-15-7-9-17-36(34)44(41)30-20-18-29(19-21-30)43-35-16-8-6-14-32(35)39-37(43)23-22-31-33-24-27-12-4-5-13-28(27)25-38(33)45-40(31)39/h1-25H. The van der Waals surface area contributed by atoms with Gasteiger partial charge in [0.1, 0.15) is 17.0 Å². The highest BCUT2D eigenvalue weighted by molar-refractivity contribution is 6.24. The molecular formula is C41H25N3O. The second-order valence-corrected chi connectivity index (χ2v) is 11.6. The zero-order valence-corrected chi connectivity index (χ0v) is 24.2. The molecule has 0 saturated carbocycles. The van der Waals surface area contributed by atoms with Gasteiger partial charge in [-0.3, -0.25) is 4.57 Å². The molecule has 0 N–H and O–H groups in total. The Balaban J connectivity index is 1.19. The maximum Gasteiger partial charge on any atom is 0.145 e. The third-order valence-electron chi connectivity index (χ3n) is 9.10. The SMILES string of the molecule is c1ccc(-c2nc3ccccc3n2-c2ccc(-n3c4ccccc4c4c5oc6cc7ccccc7cc6c5ccc43)cc2)cc1. The van der Waals surface area contributed by atoms with Crippen LogP contribution in [0.2, 0.25) is 0 Å². The predicted molar refractivity (Wildman–Crippen MR) is 186 cm³/mol. The van der Waals surface area contributed by atoms with Crippen molar-refractivity contribution >= 4 is 65.6 Å². The molecule has 0 spiro atoms. The van der Waals surface area contributed by atoms with Crippen LogP contribution in [0.5, 0.6) is 0 Å². The first kappa shape index (κ1) is 24.3. The largest absolute Gasteiger partial charge is 0.455 e. The Hall–Kier alpha value is -6.13. The summed E-state index contributed by atoms with van der Waals surface area (Å²) in [6.45, 7) is 0. The quantitative estimate of drug-likeness (QED) is 0.210. The van der Waals surface area contributed by atoms with Gasteiger partial charge in [-0.2, -0.15) is 0 Å². The lowest BCUT2D eigenvalue weighted by atomic mass is 10.0. The molecule has 0 unspecified atom stereocenters. The fourth-order valence-electron chi connectivity index (χ4n) is 7.07. The van der Waals surface area contributed by atoms with Gasteiger partial charge in [-0.25, -0.2) is 4.98 Å². The van der Waals surface area contributed by atoms with Crippen molar-refractivity contribution in [1.82, 2.24) is 14.1 Å². The molecule has 4 nitrogen and oxygen atoms in total. The summed E-state index contributed by atoms with van der Waals surface area (Å²) < 4.78 is 11.3. The van der Waals surface area contributed by atoms with Crippen molar-refractivity contribution in [3.8, 4) is 22.8 Å². The van der Waals surface area contributed by atoms with Crippen LogP contribution in [0.1, 0.15) is 0 Å². The second-order valence-electron chi connectivity index (χ2n) is 11.6. The summed E-state index contributed by atoms with van der Waals surface area (Å²) in [7, 11) is 0. The first-order chi connectivity index (χ1) is 22.3. The zero-order chi connectivity index (χ0) is 29.5. The summed E-state index contributed by atoms with van der Waals surface area (Å²) in [6, 6.07) is 53.5. The van der Waals surface area contributed by atoms with Crippen molar-refractivity contribution in [3.05, 3.63) is 152 Å². The van der Waals surface area contributed by atoms with E-state index in [2.05, 4.69) is 149 Å². The Morgan fingerprint density at radius 1 is 0.467 bits per heavy atom. The van der Waals surface area contributed by atoms with Crippen LogP contribution >= 0.6 is 0 Å². The number of benzene rings is 7. The van der Waals surface area contributed by atoms with E-state index >= 15 is 0 Å². The number of hydrogen-bond acceptors (Lipinski definition) is 2. The molecule has 0 aliphatic heterocycles. The van der Waals surface area contributed by atoms with Crippen LogP contribution in [0.15, 0.2) is 156 Å². The van der Waals surface area contributed by atoms with E-state index in [1.807, 2.05) is 12.1 Å². The third-order valence-corrected chi connectivity index (χ3v) is 9.10. The number of aromatic nitrogens is 3. The van der Waals surface area contributed by atoms with Gasteiger partial charge < -0.3 is 8.98 Å². The molecule has 210 valence electrons. The minimum atomic E-state index is 0.916.